The van der Waals surface area contributed by atoms with Crippen LogP contribution in [0.2, 0.25) is 0 Å². The Morgan fingerprint density at radius 2 is 1.91 bits per heavy atom. The van der Waals surface area contributed by atoms with Gasteiger partial charge in [-0.05, 0) is 24.6 Å². The molecule has 0 saturated carbocycles. The molecular formula is C17H17NO3S. The van der Waals surface area contributed by atoms with Crippen molar-refractivity contribution < 1.29 is 14.9 Å². The molecule has 2 aromatic rings. The summed E-state index contributed by atoms with van der Waals surface area (Å²) in [4.78, 5) is 0.703. The highest BCUT2D eigenvalue weighted by Crippen LogP contribution is 2.44. The van der Waals surface area contributed by atoms with E-state index in [-0.39, 0.29) is 17.4 Å². The van der Waals surface area contributed by atoms with Crippen LogP contribution in [0.4, 0.5) is 5.69 Å². The summed E-state index contributed by atoms with van der Waals surface area (Å²) in [6.07, 6.45) is 0.636. The van der Waals surface area contributed by atoms with Gasteiger partial charge >= 0.3 is 0 Å². The summed E-state index contributed by atoms with van der Waals surface area (Å²) < 4.78 is 5.72. The second-order valence-corrected chi connectivity index (χ2v) is 5.70. The van der Waals surface area contributed by atoms with E-state index in [4.69, 9.17) is 17.0 Å². The van der Waals surface area contributed by atoms with Crippen LogP contribution in [0.15, 0.2) is 36.4 Å². The van der Waals surface area contributed by atoms with Gasteiger partial charge in [0.2, 0.25) is 0 Å². The van der Waals surface area contributed by atoms with Crippen molar-refractivity contribution in [1.29, 1.82) is 0 Å². The van der Waals surface area contributed by atoms with Crippen molar-refractivity contribution in [2.45, 2.75) is 19.3 Å². The molecule has 22 heavy (non-hydrogen) atoms. The number of para-hydroxylation sites is 1. The van der Waals surface area contributed by atoms with Gasteiger partial charge in [-0.3, -0.25) is 0 Å². The minimum absolute atomic E-state index is 0.0157. The molecule has 1 atom stereocenters. The van der Waals surface area contributed by atoms with Crippen LogP contribution in [0, 0.1) is 0 Å². The molecule has 3 N–H and O–H groups in total. The van der Waals surface area contributed by atoms with Gasteiger partial charge in [-0.25, -0.2) is 0 Å². The van der Waals surface area contributed by atoms with Crippen LogP contribution in [0.5, 0.6) is 17.2 Å². The predicted octanol–water partition coefficient (Wildman–Crippen LogP) is 3.77. The third-order valence-electron chi connectivity index (χ3n) is 3.78. The maximum absolute atomic E-state index is 9.84. The minimum Gasteiger partial charge on any atom is -0.504 e. The van der Waals surface area contributed by atoms with Crippen molar-refractivity contribution >= 4 is 22.9 Å². The van der Waals surface area contributed by atoms with E-state index in [0.717, 1.165) is 22.6 Å². The van der Waals surface area contributed by atoms with E-state index in [1.54, 1.807) is 6.07 Å². The lowest BCUT2D eigenvalue weighted by molar-refractivity contribution is 0.335. The van der Waals surface area contributed by atoms with Crippen LogP contribution in [-0.4, -0.2) is 21.8 Å². The second kappa shape index (κ2) is 5.85. The topological polar surface area (TPSA) is 61.7 Å². The average Bonchev–Trinajstić information content (AvgIpc) is 2.49. The van der Waals surface area contributed by atoms with Gasteiger partial charge in [0.25, 0.3) is 0 Å². The van der Waals surface area contributed by atoms with E-state index < -0.39 is 0 Å². The molecule has 1 aliphatic heterocycles. The number of phenols is 2. The largest absolute Gasteiger partial charge is 0.504 e. The summed E-state index contributed by atoms with van der Waals surface area (Å²) in [6.45, 7) is 2.53. The molecule has 0 spiro atoms. The Bertz CT molecular complexity index is 730. The van der Waals surface area contributed by atoms with Crippen LogP contribution in [0.3, 0.4) is 0 Å². The Kier molecular flexibility index (Phi) is 3.90. The zero-order valence-electron chi connectivity index (χ0n) is 12.2. The van der Waals surface area contributed by atoms with Crippen LogP contribution in [-0.2, 0) is 0 Å². The lowest BCUT2D eigenvalue weighted by Gasteiger charge is -2.29. The summed E-state index contributed by atoms with van der Waals surface area (Å²) in [6, 6.07) is 10.9. The number of benzene rings is 2. The molecular weight excluding hydrogens is 298 g/mol. The number of aromatic hydroxyl groups is 2. The smallest absolute Gasteiger partial charge is 0.159 e. The summed E-state index contributed by atoms with van der Waals surface area (Å²) in [5.74, 6) is 0.510. The summed E-state index contributed by atoms with van der Waals surface area (Å²) in [5, 5.41) is 22.6. The zero-order valence-corrected chi connectivity index (χ0v) is 13.0. The van der Waals surface area contributed by atoms with E-state index in [1.807, 2.05) is 31.2 Å². The third-order valence-corrected chi connectivity index (χ3v) is 4.05. The number of anilines is 1. The van der Waals surface area contributed by atoms with Crippen molar-refractivity contribution in [3.63, 3.8) is 0 Å². The molecule has 3 rings (SSSR count). The number of ether oxygens (including phenoxy) is 1. The first-order valence-corrected chi connectivity index (χ1v) is 7.58. The molecule has 2 aromatic carbocycles. The number of hydrogen-bond donors (Lipinski definition) is 3. The summed E-state index contributed by atoms with van der Waals surface area (Å²) in [7, 11) is 0. The number of fused-ring (bicyclic) bond motifs is 1. The number of nitrogens with one attached hydrogen (secondary N) is 1. The van der Waals surface area contributed by atoms with Gasteiger partial charge in [0.15, 0.2) is 11.5 Å². The molecule has 0 aromatic heterocycles. The molecule has 0 unspecified atom stereocenters. The van der Waals surface area contributed by atoms with Crippen molar-refractivity contribution in [3.05, 3.63) is 47.5 Å². The highest BCUT2D eigenvalue weighted by atomic mass is 32.1. The first kappa shape index (κ1) is 14.7. The standard InChI is InChI=1S/C17H17NO3S/c1-2-21-16-6-4-3-5-10(16)11-8-17(22)18-13-9-15(20)14(19)7-12(11)13/h3-7,9,11,19-20H,2,8H2,1H3,(H,18,22)/t11-/m0/s1. The van der Waals surface area contributed by atoms with Gasteiger partial charge in [-0.2, -0.15) is 0 Å². The van der Waals surface area contributed by atoms with Crippen LogP contribution in [0.25, 0.3) is 0 Å². The minimum atomic E-state index is -0.159. The third kappa shape index (κ3) is 2.60. The van der Waals surface area contributed by atoms with E-state index in [1.165, 1.54) is 6.07 Å². The van der Waals surface area contributed by atoms with Crippen LogP contribution in [0.1, 0.15) is 30.4 Å². The first-order chi connectivity index (χ1) is 10.6. The second-order valence-electron chi connectivity index (χ2n) is 5.20. The maximum atomic E-state index is 9.84. The molecule has 5 heteroatoms. The Morgan fingerprint density at radius 1 is 1.18 bits per heavy atom. The van der Waals surface area contributed by atoms with E-state index in [9.17, 15) is 10.2 Å². The molecule has 1 aliphatic rings. The van der Waals surface area contributed by atoms with Crippen LogP contribution < -0.4 is 10.1 Å². The molecule has 0 amide bonds. The van der Waals surface area contributed by atoms with Crippen molar-refractivity contribution in [2.24, 2.45) is 0 Å². The predicted molar refractivity (Wildman–Crippen MR) is 90.1 cm³/mol. The molecule has 4 nitrogen and oxygen atoms in total. The average molecular weight is 315 g/mol. The van der Waals surface area contributed by atoms with E-state index in [2.05, 4.69) is 5.32 Å². The number of phenolic OH excluding ortho intramolecular Hbond substituents is 2. The zero-order chi connectivity index (χ0) is 15.7. The van der Waals surface area contributed by atoms with Crippen molar-refractivity contribution in [1.82, 2.24) is 0 Å². The Hall–Kier alpha value is -2.27. The monoisotopic (exact) mass is 315 g/mol. The fourth-order valence-electron chi connectivity index (χ4n) is 2.82. The molecule has 0 saturated heterocycles. The number of rotatable bonds is 3. The Labute approximate surface area is 134 Å². The Balaban J connectivity index is 2.13. The van der Waals surface area contributed by atoms with Gasteiger partial charge < -0.3 is 20.3 Å². The van der Waals surface area contributed by atoms with E-state index in [0.29, 0.717) is 18.0 Å². The molecule has 0 bridgehead atoms. The molecule has 0 radical (unpaired) electrons. The van der Waals surface area contributed by atoms with Crippen molar-refractivity contribution in [2.75, 3.05) is 11.9 Å². The quantitative estimate of drug-likeness (QED) is 0.457. The lowest BCUT2D eigenvalue weighted by Crippen LogP contribution is -2.22. The molecule has 1 heterocycles. The van der Waals surface area contributed by atoms with Gasteiger partial charge in [-0.1, -0.05) is 30.4 Å². The highest BCUT2D eigenvalue weighted by Gasteiger charge is 2.28. The SMILES string of the molecule is CCOc1ccccc1[C@@H]1CC(=S)Nc2cc(O)c(O)cc21. The van der Waals surface area contributed by atoms with Crippen molar-refractivity contribution in [3.8, 4) is 17.2 Å². The van der Waals surface area contributed by atoms with E-state index >= 15 is 0 Å². The normalized spacial score (nSPS) is 16.8. The van der Waals surface area contributed by atoms with Gasteiger partial charge in [0.05, 0.1) is 11.6 Å². The summed E-state index contributed by atoms with van der Waals surface area (Å²) >= 11 is 5.35. The number of thiocarbonyl (C=S) groups is 1. The maximum Gasteiger partial charge on any atom is 0.159 e. The number of hydrogen-bond acceptors (Lipinski definition) is 4. The lowest BCUT2D eigenvalue weighted by atomic mass is 9.84. The molecule has 0 aliphatic carbocycles. The van der Waals surface area contributed by atoms with Gasteiger partial charge in [-0.15, -0.1) is 0 Å². The fraction of sp³-hybridized carbons (Fsp3) is 0.235. The fourth-order valence-corrected chi connectivity index (χ4v) is 3.10. The Morgan fingerprint density at radius 3 is 2.68 bits per heavy atom. The van der Waals surface area contributed by atoms with Gasteiger partial charge in [0.1, 0.15) is 5.75 Å². The first-order valence-electron chi connectivity index (χ1n) is 7.17. The molecule has 114 valence electrons. The molecule has 0 fully saturated rings. The van der Waals surface area contributed by atoms with Crippen LogP contribution >= 0.6 is 12.2 Å². The summed E-state index contributed by atoms with van der Waals surface area (Å²) in [5.41, 5.74) is 2.65. The van der Waals surface area contributed by atoms with Gasteiger partial charge in [0, 0.05) is 29.7 Å². The highest BCUT2D eigenvalue weighted by molar-refractivity contribution is 7.80.